The molecule has 0 bridgehead atoms. The predicted octanol–water partition coefficient (Wildman–Crippen LogP) is 2.75. The van der Waals surface area contributed by atoms with Crippen LogP contribution in [0.2, 0.25) is 0 Å². The standard InChI is InChI=1S/C18H22N7/c1-5-17(20-19-14-10-12-23(2)13-11-14)21-22-18-24(3)15-8-6-7-9-16(15)25(18)4/h6-13H,5H2,1-4H3/q+1. The fourth-order valence-electron chi connectivity index (χ4n) is 2.55. The second-order valence-corrected chi connectivity index (χ2v) is 5.80. The van der Waals surface area contributed by atoms with Crippen molar-refractivity contribution in [3.8, 4) is 0 Å². The summed E-state index contributed by atoms with van der Waals surface area (Å²) in [5, 5.41) is 17.1. The normalized spacial score (nSPS) is 12.2. The van der Waals surface area contributed by atoms with Crippen LogP contribution in [0.4, 0.5) is 5.69 Å². The summed E-state index contributed by atoms with van der Waals surface area (Å²) in [5.41, 5.74) is 3.76. The number of rotatable bonds is 3. The van der Waals surface area contributed by atoms with E-state index in [2.05, 4.69) is 32.6 Å². The van der Waals surface area contributed by atoms with Gasteiger partial charge in [0.25, 0.3) is 0 Å². The maximum Gasteiger partial charge on any atom is 0.230 e. The van der Waals surface area contributed by atoms with E-state index in [0.29, 0.717) is 12.3 Å². The molecule has 3 aromatic rings. The highest BCUT2D eigenvalue weighted by Crippen LogP contribution is 2.10. The summed E-state index contributed by atoms with van der Waals surface area (Å²) in [4.78, 5) is 0. The summed E-state index contributed by atoms with van der Waals surface area (Å²) < 4.78 is 5.98. The van der Waals surface area contributed by atoms with Gasteiger partial charge in [-0.25, -0.2) is 4.57 Å². The minimum atomic E-state index is 0.582. The number of nitrogens with zero attached hydrogens (tertiary/aromatic N) is 7. The molecule has 0 unspecified atom stereocenters. The number of para-hydroxylation sites is 2. The Hall–Kier alpha value is -3.09. The number of aryl methyl sites for hydroxylation is 3. The van der Waals surface area contributed by atoms with Gasteiger partial charge in [0, 0.05) is 32.6 Å². The van der Waals surface area contributed by atoms with Gasteiger partial charge in [-0.1, -0.05) is 19.1 Å². The number of aromatic nitrogens is 3. The number of azo groups is 1. The molecule has 0 aliphatic rings. The molecule has 0 fully saturated rings. The fraction of sp³-hybridized carbons (Fsp3) is 0.278. The van der Waals surface area contributed by atoms with E-state index in [1.807, 2.05) is 78.4 Å². The number of pyridine rings is 1. The number of hydrogen-bond acceptors (Lipinski definition) is 3. The average molecular weight is 336 g/mol. The van der Waals surface area contributed by atoms with Crippen molar-refractivity contribution in [1.29, 1.82) is 0 Å². The van der Waals surface area contributed by atoms with Gasteiger partial charge in [-0.15, -0.1) is 20.4 Å². The molecule has 0 aliphatic carbocycles. The highest BCUT2D eigenvalue weighted by molar-refractivity contribution is 5.82. The molecule has 3 rings (SSSR count). The van der Waals surface area contributed by atoms with Gasteiger partial charge in [-0.05, 0) is 12.1 Å². The summed E-state index contributed by atoms with van der Waals surface area (Å²) in [6, 6.07) is 12.0. The van der Waals surface area contributed by atoms with Crippen LogP contribution in [0.15, 0.2) is 69.2 Å². The van der Waals surface area contributed by atoms with Crippen molar-refractivity contribution in [2.75, 3.05) is 0 Å². The molecular formula is C18H22N7+. The second kappa shape index (κ2) is 7.21. The topological polar surface area (TPSA) is 63.2 Å². The lowest BCUT2D eigenvalue weighted by atomic mass is 10.3. The Kier molecular flexibility index (Phi) is 4.83. The van der Waals surface area contributed by atoms with Crippen LogP contribution in [-0.4, -0.2) is 15.0 Å². The monoisotopic (exact) mass is 336 g/mol. The van der Waals surface area contributed by atoms with Crippen molar-refractivity contribution >= 4 is 22.6 Å². The first-order valence-electron chi connectivity index (χ1n) is 8.18. The summed E-state index contributed by atoms with van der Waals surface area (Å²) in [7, 11) is 5.92. The van der Waals surface area contributed by atoms with Crippen LogP contribution >= 0.6 is 0 Å². The Balaban J connectivity index is 1.95. The molecule has 7 nitrogen and oxygen atoms in total. The molecular weight excluding hydrogens is 314 g/mol. The van der Waals surface area contributed by atoms with E-state index in [-0.39, 0.29) is 0 Å². The molecule has 0 radical (unpaired) electrons. The predicted molar refractivity (Wildman–Crippen MR) is 97.3 cm³/mol. The lowest BCUT2D eigenvalue weighted by Gasteiger charge is -1.95. The number of imidazole rings is 1. The summed E-state index contributed by atoms with van der Waals surface area (Å²) in [6.45, 7) is 1.99. The van der Waals surface area contributed by atoms with Gasteiger partial charge in [0.05, 0.1) is 16.7 Å². The zero-order chi connectivity index (χ0) is 17.8. The van der Waals surface area contributed by atoms with E-state index in [9.17, 15) is 0 Å². The Bertz CT molecular complexity index is 962. The third-order valence-corrected chi connectivity index (χ3v) is 4.02. The smallest absolute Gasteiger partial charge is 0.230 e. The fourth-order valence-corrected chi connectivity index (χ4v) is 2.55. The summed E-state index contributed by atoms with van der Waals surface area (Å²) >= 11 is 0. The minimum absolute atomic E-state index is 0.582. The SMILES string of the molecule is CC/C(N=Nc1cc[n+](C)cc1)=N/N=c1n(C)c2ccccc2n1C. The Morgan fingerprint density at radius 3 is 2.16 bits per heavy atom. The van der Waals surface area contributed by atoms with Crippen molar-refractivity contribution in [3.05, 3.63) is 54.4 Å². The van der Waals surface area contributed by atoms with Crippen LogP contribution in [-0.2, 0) is 21.1 Å². The molecule has 0 aliphatic heterocycles. The zero-order valence-corrected chi connectivity index (χ0v) is 15.0. The van der Waals surface area contributed by atoms with Crippen molar-refractivity contribution < 1.29 is 4.57 Å². The van der Waals surface area contributed by atoms with Gasteiger partial charge in [0.2, 0.25) is 5.62 Å². The third kappa shape index (κ3) is 3.55. The molecule has 1 aromatic carbocycles. The Labute approximate surface area is 146 Å². The van der Waals surface area contributed by atoms with Crippen LogP contribution in [0.1, 0.15) is 13.3 Å². The average Bonchev–Trinajstić information content (AvgIpc) is 2.88. The van der Waals surface area contributed by atoms with Crippen molar-refractivity contribution in [1.82, 2.24) is 9.13 Å². The van der Waals surface area contributed by atoms with Crippen molar-refractivity contribution in [2.24, 2.45) is 41.6 Å². The molecule has 0 atom stereocenters. The number of benzene rings is 1. The van der Waals surface area contributed by atoms with Crippen molar-refractivity contribution in [3.63, 3.8) is 0 Å². The molecule has 0 saturated heterocycles. The summed E-state index contributed by atoms with van der Waals surface area (Å²) in [6.07, 6.45) is 4.51. The van der Waals surface area contributed by atoms with Gasteiger partial charge in [-0.3, -0.25) is 0 Å². The number of fused-ring (bicyclic) bond motifs is 1. The zero-order valence-electron chi connectivity index (χ0n) is 15.0. The van der Waals surface area contributed by atoms with Crippen LogP contribution in [0.25, 0.3) is 11.0 Å². The van der Waals surface area contributed by atoms with Gasteiger partial charge >= 0.3 is 0 Å². The molecule has 0 amide bonds. The van der Waals surface area contributed by atoms with E-state index in [0.717, 1.165) is 22.3 Å². The van der Waals surface area contributed by atoms with E-state index < -0.39 is 0 Å². The lowest BCUT2D eigenvalue weighted by Crippen LogP contribution is -2.25. The van der Waals surface area contributed by atoms with Crippen LogP contribution < -0.4 is 10.2 Å². The van der Waals surface area contributed by atoms with E-state index >= 15 is 0 Å². The highest BCUT2D eigenvalue weighted by Gasteiger charge is 2.05. The third-order valence-electron chi connectivity index (χ3n) is 4.02. The van der Waals surface area contributed by atoms with Crippen LogP contribution in [0.3, 0.4) is 0 Å². The van der Waals surface area contributed by atoms with Gasteiger partial charge in [0.1, 0.15) is 7.05 Å². The lowest BCUT2D eigenvalue weighted by molar-refractivity contribution is -0.671. The minimum Gasteiger partial charge on any atom is -0.312 e. The summed E-state index contributed by atoms with van der Waals surface area (Å²) in [5.74, 6) is 0.582. The van der Waals surface area contributed by atoms with E-state index in [4.69, 9.17) is 0 Å². The Morgan fingerprint density at radius 1 is 1.00 bits per heavy atom. The molecule has 0 spiro atoms. The second-order valence-electron chi connectivity index (χ2n) is 5.80. The van der Waals surface area contributed by atoms with Gasteiger partial charge in [-0.2, -0.15) is 0 Å². The molecule has 0 saturated carbocycles. The molecule has 128 valence electrons. The van der Waals surface area contributed by atoms with Gasteiger partial charge in [0.15, 0.2) is 18.2 Å². The first-order valence-corrected chi connectivity index (χ1v) is 8.18. The molecule has 2 aromatic heterocycles. The van der Waals surface area contributed by atoms with Crippen molar-refractivity contribution in [2.45, 2.75) is 13.3 Å². The number of hydrogen-bond donors (Lipinski definition) is 0. The maximum absolute atomic E-state index is 4.40. The largest absolute Gasteiger partial charge is 0.312 e. The van der Waals surface area contributed by atoms with E-state index in [1.54, 1.807) is 0 Å². The molecule has 0 N–H and O–H groups in total. The van der Waals surface area contributed by atoms with Crippen LogP contribution in [0, 0.1) is 0 Å². The first kappa shape index (κ1) is 16.8. The Morgan fingerprint density at radius 2 is 1.60 bits per heavy atom. The molecule has 2 heterocycles. The maximum atomic E-state index is 4.40. The quantitative estimate of drug-likeness (QED) is 0.232. The molecule has 25 heavy (non-hydrogen) atoms. The van der Waals surface area contributed by atoms with Crippen LogP contribution in [0.5, 0.6) is 0 Å². The first-order chi connectivity index (χ1) is 12.1. The highest BCUT2D eigenvalue weighted by atomic mass is 15.3. The van der Waals surface area contributed by atoms with E-state index in [1.165, 1.54) is 0 Å². The molecule has 7 heteroatoms. The van der Waals surface area contributed by atoms with Gasteiger partial charge < -0.3 is 9.13 Å². The number of amidine groups is 1.